The van der Waals surface area contributed by atoms with Gasteiger partial charge in [-0.2, -0.15) is 0 Å². The van der Waals surface area contributed by atoms with E-state index in [-0.39, 0.29) is 11.8 Å². The van der Waals surface area contributed by atoms with Crippen LogP contribution in [0.4, 0.5) is 0 Å². The average Bonchev–Trinajstić information content (AvgIpc) is 2.92. The van der Waals surface area contributed by atoms with Crippen LogP contribution >= 0.6 is 0 Å². The molecule has 1 aromatic heterocycles. The molecule has 4 heteroatoms. The van der Waals surface area contributed by atoms with E-state index in [1.165, 1.54) is 38.4 Å². The fraction of sp³-hybridized carbons (Fsp3) is 0.765. The number of nitrogens with zero attached hydrogens (tertiary/aromatic N) is 1. The summed E-state index contributed by atoms with van der Waals surface area (Å²) in [4.78, 5) is 12.3. The molecule has 0 aromatic carbocycles. The normalized spacial score (nSPS) is 26.6. The van der Waals surface area contributed by atoms with Gasteiger partial charge in [-0.15, -0.1) is 0 Å². The predicted octanol–water partition coefficient (Wildman–Crippen LogP) is 3.89. The first-order valence-corrected chi connectivity index (χ1v) is 8.40. The van der Waals surface area contributed by atoms with Crippen molar-refractivity contribution in [2.75, 3.05) is 0 Å². The number of carbonyl (C=O) groups excluding carboxylic acids is 1. The first kappa shape index (κ1) is 14.6. The minimum Gasteiger partial charge on any atom is -0.364 e. The van der Waals surface area contributed by atoms with Crippen LogP contribution in [0.25, 0.3) is 0 Å². The van der Waals surface area contributed by atoms with Gasteiger partial charge in [0.15, 0.2) is 0 Å². The van der Waals surface area contributed by atoms with Crippen molar-refractivity contribution in [2.45, 2.75) is 70.8 Å². The molecule has 0 atom stereocenters. The van der Waals surface area contributed by atoms with Crippen LogP contribution in [0.2, 0.25) is 0 Å². The zero-order valence-electron chi connectivity index (χ0n) is 13.1. The molecular formula is C17H26N2O2. The Hall–Kier alpha value is -1.32. The number of hydrogen-bond donors (Lipinski definition) is 1. The Balaban J connectivity index is 1.50. The third-order valence-electron chi connectivity index (χ3n) is 5.22. The molecule has 0 radical (unpaired) electrons. The Labute approximate surface area is 126 Å². The Kier molecular flexibility index (Phi) is 4.32. The number of carbonyl (C=O) groups is 1. The van der Waals surface area contributed by atoms with Gasteiger partial charge in [0.05, 0.1) is 5.69 Å². The van der Waals surface area contributed by atoms with E-state index in [1.807, 2.05) is 13.8 Å². The Morgan fingerprint density at radius 3 is 2.62 bits per heavy atom. The first-order chi connectivity index (χ1) is 10.1. The summed E-state index contributed by atoms with van der Waals surface area (Å²) >= 11 is 0. The molecule has 2 fully saturated rings. The van der Waals surface area contributed by atoms with Crippen molar-refractivity contribution >= 4 is 5.91 Å². The van der Waals surface area contributed by atoms with E-state index in [9.17, 15) is 4.79 Å². The van der Waals surface area contributed by atoms with E-state index in [4.69, 9.17) is 4.52 Å². The molecule has 0 saturated heterocycles. The number of amides is 1. The third kappa shape index (κ3) is 3.14. The van der Waals surface area contributed by atoms with Crippen LogP contribution in [0.1, 0.15) is 80.8 Å². The van der Waals surface area contributed by atoms with Gasteiger partial charge in [0.2, 0.25) is 0 Å². The van der Waals surface area contributed by atoms with Crippen LogP contribution in [-0.2, 0) is 0 Å². The molecule has 0 bridgehead atoms. The van der Waals surface area contributed by atoms with Gasteiger partial charge in [-0.05, 0) is 30.6 Å². The molecule has 0 aliphatic heterocycles. The molecule has 4 nitrogen and oxygen atoms in total. The Bertz CT molecular complexity index is 483. The molecule has 2 saturated carbocycles. The maximum absolute atomic E-state index is 12.3. The fourth-order valence-electron chi connectivity index (χ4n) is 3.86. The van der Waals surface area contributed by atoms with E-state index in [2.05, 4.69) is 10.5 Å². The highest BCUT2D eigenvalue weighted by Gasteiger charge is 2.36. The average molecular weight is 290 g/mol. The van der Waals surface area contributed by atoms with Crippen molar-refractivity contribution in [3.63, 3.8) is 0 Å². The molecule has 21 heavy (non-hydrogen) atoms. The number of hydrogen-bond acceptors (Lipinski definition) is 3. The maximum Gasteiger partial charge on any atom is 0.256 e. The topological polar surface area (TPSA) is 55.1 Å². The molecule has 2 aliphatic rings. The van der Waals surface area contributed by atoms with Gasteiger partial charge in [-0.25, -0.2) is 0 Å². The van der Waals surface area contributed by atoms with Crippen molar-refractivity contribution in [3.05, 3.63) is 17.5 Å². The Morgan fingerprint density at radius 2 is 1.95 bits per heavy atom. The van der Waals surface area contributed by atoms with E-state index in [0.717, 1.165) is 30.4 Å². The number of aromatic nitrogens is 1. The highest BCUT2D eigenvalue weighted by molar-refractivity contribution is 5.95. The fourth-order valence-corrected chi connectivity index (χ4v) is 3.86. The molecule has 0 spiro atoms. The van der Waals surface area contributed by atoms with E-state index in [1.54, 1.807) is 0 Å². The number of rotatable bonds is 4. The van der Waals surface area contributed by atoms with Gasteiger partial charge < -0.3 is 9.84 Å². The summed E-state index contributed by atoms with van der Waals surface area (Å²) < 4.78 is 4.97. The largest absolute Gasteiger partial charge is 0.364 e. The van der Waals surface area contributed by atoms with E-state index in [0.29, 0.717) is 11.6 Å². The van der Waals surface area contributed by atoms with E-state index >= 15 is 0 Å². The SMILES string of the molecule is CC(C)c1nocc1C(=O)NC1CC(C2CCCCC2)C1. The summed E-state index contributed by atoms with van der Waals surface area (Å²) in [5, 5.41) is 7.08. The monoisotopic (exact) mass is 290 g/mol. The minimum atomic E-state index is -0.0213. The lowest BCUT2D eigenvalue weighted by atomic mass is 9.67. The van der Waals surface area contributed by atoms with Crippen LogP contribution in [0.15, 0.2) is 10.8 Å². The molecular weight excluding hydrogens is 264 g/mol. The lowest BCUT2D eigenvalue weighted by Crippen LogP contribution is -2.46. The molecule has 0 unspecified atom stereocenters. The van der Waals surface area contributed by atoms with Crippen molar-refractivity contribution in [1.29, 1.82) is 0 Å². The summed E-state index contributed by atoms with van der Waals surface area (Å²) in [5.74, 6) is 1.93. The molecule has 116 valence electrons. The van der Waals surface area contributed by atoms with Crippen LogP contribution in [0.3, 0.4) is 0 Å². The highest BCUT2D eigenvalue weighted by Crippen LogP contribution is 2.41. The zero-order chi connectivity index (χ0) is 14.8. The highest BCUT2D eigenvalue weighted by atomic mass is 16.5. The summed E-state index contributed by atoms with van der Waals surface area (Å²) in [7, 11) is 0. The van der Waals surface area contributed by atoms with Crippen molar-refractivity contribution in [2.24, 2.45) is 11.8 Å². The third-order valence-corrected chi connectivity index (χ3v) is 5.22. The summed E-state index contributed by atoms with van der Waals surface area (Å²) in [5.41, 5.74) is 1.36. The predicted molar refractivity (Wildman–Crippen MR) is 81.1 cm³/mol. The second-order valence-corrected chi connectivity index (χ2v) is 7.07. The van der Waals surface area contributed by atoms with E-state index < -0.39 is 0 Å². The van der Waals surface area contributed by atoms with Crippen molar-refractivity contribution < 1.29 is 9.32 Å². The second kappa shape index (κ2) is 6.20. The summed E-state index contributed by atoms with van der Waals surface area (Å²) in [6, 6.07) is 0.347. The molecule has 1 amide bonds. The smallest absolute Gasteiger partial charge is 0.256 e. The quantitative estimate of drug-likeness (QED) is 0.915. The van der Waals surface area contributed by atoms with Crippen LogP contribution in [0, 0.1) is 11.8 Å². The molecule has 1 heterocycles. The van der Waals surface area contributed by atoms with Gasteiger partial charge in [-0.3, -0.25) is 4.79 Å². The molecule has 2 aliphatic carbocycles. The lowest BCUT2D eigenvalue weighted by molar-refractivity contribution is 0.0809. The summed E-state index contributed by atoms with van der Waals surface area (Å²) in [6.07, 6.45) is 10.8. The second-order valence-electron chi connectivity index (χ2n) is 7.07. The standard InChI is InChI=1S/C17H26N2O2/c1-11(2)16-15(10-21-19-16)17(20)18-14-8-13(9-14)12-6-4-3-5-7-12/h10-14H,3-9H2,1-2H3,(H,18,20). The zero-order valence-corrected chi connectivity index (χ0v) is 13.1. The van der Waals surface area contributed by atoms with Gasteiger partial charge in [0.1, 0.15) is 11.8 Å². The minimum absolute atomic E-state index is 0.0213. The van der Waals surface area contributed by atoms with Crippen molar-refractivity contribution in [3.8, 4) is 0 Å². The van der Waals surface area contributed by atoms with Gasteiger partial charge in [0, 0.05) is 6.04 Å². The van der Waals surface area contributed by atoms with Crippen LogP contribution in [0.5, 0.6) is 0 Å². The molecule has 1 N–H and O–H groups in total. The molecule has 1 aromatic rings. The van der Waals surface area contributed by atoms with Gasteiger partial charge >= 0.3 is 0 Å². The lowest BCUT2D eigenvalue weighted by Gasteiger charge is -2.42. The van der Waals surface area contributed by atoms with Crippen LogP contribution < -0.4 is 5.32 Å². The Morgan fingerprint density at radius 1 is 1.24 bits per heavy atom. The first-order valence-electron chi connectivity index (χ1n) is 8.40. The van der Waals surface area contributed by atoms with Crippen LogP contribution in [-0.4, -0.2) is 17.1 Å². The van der Waals surface area contributed by atoms with Gasteiger partial charge in [-0.1, -0.05) is 51.1 Å². The number of nitrogens with one attached hydrogen (secondary N) is 1. The van der Waals surface area contributed by atoms with Crippen molar-refractivity contribution in [1.82, 2.24) is 10.5 Å². The summed E-state index contributed by atoms with van der Waals surface area (Å²) in [6.45, 7) is 4.05. The molecule has 3 rings (SSSR count). The maximum atomic E-state index is 12.3. The van der Waals surface area contributed by atoms with Gasteiger partial charge in [0.25, 0.3) is 5.91 Å².